The number of nitrogens with one attached hydrogen (secondary N) is 1. The van der Waals surface area contributed by atoms with Crippen molar-refractivity contribution in [1.82, 2.24) is 0 Å². The van der Waals surface area contributed by atoms with Gasteiger partial charge in [-0.1, -0.05) is 40.9 Å². The number of ether oxygens (including phenoxy) is 2. The van der Waals surface area contributed by atoms with Crippen LogP contribution in [0.25, 0.3) is 0 Å². The number of hydrogen-bond acceptors (Lipinski definition) is 6. The highest BCUT2D eigenvalue weighted by molar-refractivity contribution is 6.53. The normalized spacial score (nSPS) is 16.9. The first-order chi connectivity index (χ1) is 22.1. The summed E-state index contributed by atoms with van der Waals surface area (Å²) in [5.74, 6) is -3.40. The third-order valence-corrected chi connectivity index (χ3v) is 8.59. The van der Waals surface area contributed by atoms with E-state index in [1.165, 1.54) is 30.3 Å². The summed E-state index contributed by atoms with van der Waals surface area (Å²) in [6, 6.07) is 12.7. The zero-order valence-electron chi connectivity index (χ0n) is 26.7. The average molecular weight is 761 g/mol. The topological polar surface area (TPSA) is 102 Å². The van der Waals surface area contributed by atoms with Crippen molar-refractivity contribution < 1.29 is 33.0 Å². The van der Waals surface area contributed by atoms with Gasteiger partial charge in [-0.3, -0.25) is 9.59 Å². The largest absolute Gasteiger partial charge is 0.443 e. The van der Waals surface area contributed by atoms with Crippen molar-refractivity contribution in [3.63, 3.8) is 0 Å². The van der Waals surface area contributed by atoms with Crippen LogP contribution in [0.2, 0.25) is 15.1 Å². The summed E-state index contributed by atoms with van der Waals surface area (Å²) in [7, 11) is 0. The van der Waals surface area contributed by atoms with Gasteiger partial charge in [0, 0.05) is 33.6 Å². The molecule has 0 spiro atoms. The summed E-state index contributed by atoms with van der Waals surface area (Å²) in [4.78, 5) is 52.9. The van der Waals surface area contributed by atoms with E-state index in [0.717, 1.165) is 6.07 Å². The van der Waals surface area contributed by atoms with Gasteiger partial charge in [0.15, 0.2) is 5.78 Å². The molecule has 48 heavy (non-hydrogen) atoms. The van der Waals surface area contributed by atoms with Gasteiger partial charge < -0.3 is 14.8 Å². The molecule has 0 aliphatic heterocycles. The van der Waals surface area contributed by atoms with Gasteiger partial charge in [-0.2, -0.15) is 4.90 Å². The summed E-state index contributed by atoms with van der Waals surface area (Å²) in [6.45, 7) is 9.57. The standard InChI is InChI=1S/C34H32Cl5FN2O6/c1-32(2,3)47-30(45)42(31(46)48-33(4,5)6)25-10-7-17(11-24(25)40)12-26(43)22-16-21(8-9-23(22)37)41-29(44)28-27(34(28,38)39)18-13-19(35)15-20(36)14-18/h7-11,13-16,27-28H,12H2,1-6H3,(H,41,44). The van der Waals surface area contributed by atoms with Crippen molar-refractivity contribution in [1.29, 1.82) is 0 Å². The molecule has 1 N–H and O–H groups in total. The van der Waals surface area contributed by atoms with E-state index in [1.54, 1.807) is 59.7 Å². The maximum absolute atomic E-state index is 15.5. The zero-order chi connectivity index (χ0) is 35.9. The minimum absolute atomic E-state index is 0.0556. The fourth-order valence-corrected chi connectivity index (χ4v) is 6.46. The third kappa shape index (κ3) is 9.12. The number of alkyl halides is 2. The molecule has 0 radical (unpaired) electrons. The fourth-order valence-electron chi connectivity index (χ4n) is 4.87. The molecule has 0 aromatic heterocycles. The van der Waals surface area contributed by atoms with E-state index >= 15 is 4.39 Å². The van der Waals surface area contributed by atoms with Crippen LogP contribution < -0.4 is 10.2 Å². The molecule has 256 valence electrons. The summed E-state index contributed by atoms with van der Waals surface area (Å²) >= 11 is 31.5. The molecule has 0 saturated heterocycles. The number of Topliss-reactive ketones (excluding diaryl/α,β-unsaturated/α-hetero) is 1. The average Bonchev–Trinajstić information content (AvgIpc) is 3.50. The smallest absolute Gasteiger partial charge is 0.424 e. The van der Waals surface area contributed by atoms with E-state index in [4.69, 9.17) is 67.5 Å². The summed E-state index contributed by atoms with van der Waals surface area (Å²) in [6.07, 6.45) is -2.58. The first-order valence-electron chi connectivity index (χ1n) is 14.6. The zero-order valence-corrected chi connectivity index (χ0v) is 30.5. The number of imide groups is 1. The van der Waals surface area contributed by atoms with Gasteiger partial charge >= 0.3 is 12.2 Å². The Kier molecular flexibility index (Phi) is 11.0. The van der Waals surface area contributed by atoms with Gasteiger partial charge in [0.05, 0.1) is 16.6 Å². The number of carbonyl (C=O) groups is 4. The number of nitrogens with zero attached hydrogens (tertiary/aromatic N) is 1. The number of carbonyl (C=O) groups excluding carboxylic acids is 4. The van der Waals surface area contributed by atoms with E-state index in [0.29, 0.717) is 20.5 Å². The van der Waals surface area contributed by atoms with Gasteiger partial charge in [0.1, 0.15) is 21.4 Å². The first kappa shape index (κ1) is 37.7. The maximum atomic E-state index is 15.5. The molecule has 1 saturated carbocycles. The van der Waals surface area contributed by atoms with Crippen molar-refractivity contribution in [3.8, 4) is 0 Å². The molecule has 1 aliphatic rings. The van der Waals surface area contributed by atoms with Crippen molar-refractivity contribution in [2.45, 2.75) is 69.4 Å². The summed E-state index contributed by atoms with van der Waals surface area (Å²) in [5.41, 5.74) is -1.28. The SMILES string of the molecule is CC(C)(C)OC(=O)N(C(=O)OC(C)(C)C)c1ccc(CC(=O)c2cc(NC(=O)C3C(c4cc(Cl)cc(Cl)c4)C3(Cl)Cl)ccc2Cl)cc1F. The molecular weight excluding hydrogens is 729 g/mol. The van der Waals surface area contributed by atoms with E-state index < -0.39 is 62.8 Å². The van der Waals surface area contributed by atoms with Crippen LogP contribution in [0.15, 0.2) is 54.6 Å². The molecule has 2 atom stereocenters. The number of benzene rings is 3. The minimum Gasteiger partial charge on any atom is -0.443 e. The monoisotopic (exact) mass is 758 g/mol. The lowest BCUT2D eigenvalue weighted by Crippen LogP contribution is -2.44. The molecule has 3 aromatic rings. The number of amides is 3. The highest BCUT2D eigenvalue weighted by Crippen LogP contribution is 2.65. The Morgan fingerprint density at radius 3 is 1.92 bits per heavy atom. The second kappa shape index (κ2) is 14.0. The molecule has 2 unspecified atom stereocenters. The molecular formula is C34H32Cl5FN2O6. The van der Waals surface area contributed by atoms with Crippen LogP contribution in [0, 0.1) is 11.7 Å². The van der Waals surface area contributed by atoms with Gasteiger partial charge in [-0.25, -0.2) is 14.0 Å². The van der Waals surface area contributed by atoms with Crippen molar-refractivity contribution >= 4 is 93.3 Å². The lowest BCUT2D eigenvalue weighted by molar-refractivity contribution is -0.117. The van der Waals surface area contributed by atoms with Crippen LogP contribution in [-0.4, -0.2) is 39.4 Å². The predicted octanol–water partition coefficient (Wildman–Crippen LogP) is 10.4. The van der Waals surface area contributed by atoms with Crippen LogP contribution >= 0.6 is 58.0 Å². The maximum Gasteiger partial charge on any atom is 0.424 e. The molecule has 0 bridgehead atoms. The van der Waals surface area contributed by atoms with Crippen LogP contribution in [-0.2, 0) is 20.7 Å². The molecule has 1 aliphatic carbocycles. The first-order valence-corrected chi connectivity index (χ1v) is 16.5. The predicted molar refractivity (Wildman–Crippen MR) is 187 cm³/mol. The molecule has 3 amide bonds. The van der Waals surface area contributed by atoms with Crippen molar-refractivity contribution in [2.75, 3.05) is 10.2 Å². The Morgan fingerprint density at radius 1 is 0.833 bits per heavy atom. The highest BCUT2D eigenvalue weighted by atomic mass is 35.5. The van der Waals surface area contributed by atoms with Crippen molar-refractivity contribution in [3.05, 3.63) is 92.2 Å². The molecule has 4 rings (SSSR count). The summed E-state index contributed by atoms with van der Waals surface area (Å²) < 4.78 is 24.7. The third-order valence-electron chi connectivity index (χ3n) is 6.88. The van der Waals surface area contributed by atoms with Gasteiger partial charge in [0.2, 0.25) is 5.91 Å². The molecule has 0 heterocycles. The summed E-state index contributed by atoms with van der Waals surface area (Å²) in [5, 5.41) is 3.55. The Labute approximate surface area is 302 Å². The van der Waals surface area contributed by atoms with E-state index in [1.807, 2.05) is 0 Å². The number of halogens is 6. The quantitative estimate of drug-likeness (QED) is 0.190. The Balaban J connectivity index is 1.52. The van der Waals surface area contributed by atoms with Gasteiger partial charge in [-0.05, 0) is 101 Å². The Hall–Kier alpha value is -3.08. The Morgan fingerprint density at radius 2 is 1.40 bits per heavy atom. The van der Waals surface area contributed by atoms with Crippen molar-refractivity contribution in [2.24, 2.45) is 5.92 Å². The molecule has 3 aromatic carbocycles. The van der Waals surface area contributed by atoms with Crippen LogP contribution in [0.4, 0.5) is 25.4 Å². The van der Waals surface area contributed by atoms with E-state index in [2.05, 4.69) is 5.32 Å². The lowest BCUT2D eigenvalue weighted by Gasteiger charge is -2.28. The number of ketones is 1. The van der Waals surface area contributed by atoms with Crippen LogP contribution in [0.1, 0.15) is 68.9 Å². The second-order valence-electron chi connectivity index (χ2n) is 13.2. The number of anilines is 2. The highest BCUT2D eigenvalue weighted by Gasteiger charge is 2.67. The number of hydrogen-bond donors (Lipinski definition) is 1. The van der Waals surface area contributed by atoms with Crippen LogP contribution in [0.5, 0.6) is 0 Å². The van der Waals surface area contributed by atoms with Gasteiger partial charge in [-0.15, -0.1) is 23.2 Å². The number of rotatable bonds is 7. The van der Waals surface area contributed by atoms with E-state index in [-0.39, 0.29) is 28.3 Å². The van der Waals surface area contributed by atoms with Crippen LogP contribution in [0.3, 0.4) is 0 Å². The second-order valence-corrected chi connectivity index (χ2v) is 15.9. The minimum atomic E-state index is -1.41. The fraction of sp³-hybridized carbons (Fsp3) is 0.353. The lowest BCUT2D eigenvalue weighted by atomic mass is 10.0. The molecule has 1 fully saturated rings. The molecule has 14 heteroatoms. The van der Waals surface area contributed by atoms with Gasteiger partial charge in [0.25, 0.3) is 0 Å². The van der Waals surface area contributed by atoms with E-state index in [9.17, 15) is 19.2 Å². The Bertz CT molecular complexity index is 1740. The molecule has 8 nitrogen and oxygen atoms in total.